The fourth-order valence-electron chi connectivity index (χ4n) is 20.7. The van der Waals surface area contributed by atoms with Crippen LogP contribution in [0.5, 0.6) is 0 Å². The van der Waals surface area contributed by atoms with Crippen LogP contribution in [0.2, 0.25) is 15.1 Å². The molecular formula is C108H102Cl3FN18O6. The Hall–Kier alpha value is -14.7. The summed E-state index contributed by atoms with van der Waals surface area (Å²) in [5.74, 6) is -1.57. The van der Waals surface area contributed by atoms with Crippen LogP contribution < -0.4 is 31.4 Å². The zero-order valence-corrected chi connectivity index (χ0v) is 80.0. The SMILES string of the molecule is [C-]#[N+]c1c(N2CCC3(CC2)CN(C(=O)C=C)C3)c2cc(Cl)c(-c3c(C)ccc4[nH]ncc34)cc2n(-c2ccccc2C(C)C)c1=O.[C-]#[N+]c1c(N2CCN(C(=O)C(=C)F)C[C@@H]2C)c2cc(Cl)c(-c3c(C)ccc4[nH]ncc34)cc2n(-c2ccccc2C(C)C)c1=O.[C-]#[N+]c1c(N2C[C@@H](C)N(C(=O)C=C)C[C@@H]2C)c2cc(Cl)c(-c3c(C)ccc4[nH]ncc34)cc2n(-c2ccccc2C(C)C)c1=O. The molecule has 19 rings (SSSR count). The summed E-state index contributed by atoms with van der Waals surface area (Å²) in [4.78, 5) is 104. The minimum Gasteiger partial charge on any atom is -0.380 e. The van der Waals surface area contributed by atoms with E-state index in [1.54, 1.807) is 37.2 Å². The number of para-hydroxylation sites is 3. The van der Waals surface area contributed by atoms with Crippen LogP contribution in [0.25, 0.3) is 130 Å². The fraction of sp³-hybridized carbons (Fsp3) is 0.278. The van der Waals surface area contributed by atoms with Gasteiger partial charge in [-0.25, -0.2) is 18.9 Å². The number of anilines is 3. The number of halogens is 4. The van der Waals surface area contributed by atoms with Gasteiger partial charge in [0, 0.05) is 147 Å². The summed E-state index contributed by atoms with van der Waals surface area (Å²) in [6.45, 7) is 64.0. The number of aryl methyl sites for hydroxylation is 3. The number of hydrogen-bond donors (Lipinski definition) is 3. The molecule has 4 saturated heterocycles. The van der Waals surface area contributed by atoms with Gasteiger partial charge in [0.2, 0.25) is 11.8 Å². The summed E-state index contributed by atoms with van der Waals surface area (Å²) < 4.78 is 18.7. The molecule has 136 heavy (non-hydrogen) atoms. The van der Waals surface area contributed by atoms with Gasteiger partial charge in [0.1, 0.15) is 0 Å². The van der Waals surface area contributed by atoms with E-state index in [4.69, 9.17) is 54.5 Å². The molecule has 9 aromatic carbocycles. The average molecular weight is 1870 g/mol. The van der Waals surface area contributed by atoms with E-state index in [-0.39, 0.29) is 95.4 Å². The Morgan fingerprint density at radius 2 is 0.824 bits per heavy atom. The van der Waals surface area contributed by atoms with Crippen LogP contribution in [-0.4, -0.2) is 154 Å². The van der Waals surface area contributed by atoms with Crippen molar-refractivity contribution in [2.75, 3.05) is 73.6 Å². The highest BCUT2D eigenvalue weighted by atomic mass is 35.5. The maximum absolute atomic E-state index is 14.6. The van der Waals surface area contributed by atoms with Crippen LogP contribution in [0.1, 0.15) is 126 Å². The lowest BCUT2D eigenvalue weighted by Gasteiger charge is -2.54. The number of carbonyl (C=O) groups is 3. The van der Waals surface area contributed by atoms with Crippen LogP contribution in [0.15, 0.2) is 216 Å². The number of aromatic amines is 3. The van der Waals surface area contributed by atoms with Crippen molar-refractivity contribution in [3.05, 3.63) is 316 Å². The number of nitrogens with zero attached hydrogens (tertiary/aromatic N) is 15. The Balaban J connectivity index is 0.000000142. The molecule has 1 spiro atoms. The Bertz CT molecular complexity index is 7830. The molecular weight excluding hydrogens is 1770 g/mol. The summed E-state index contributed by atoms with van der Waals surface area (Å²) in [6.07, 6.45) is 9.78. The van der Waals surface area contributed by atoms with Crippen molar-refractivity contribution >= 4 is 152 Å². The monoisotopic (exact) mass is 1870 g/mol. The van der Waals surface area contributed by atoms with Crippen LogP contribution in [-0.2, 0) is 14.4 Å². The predicted molar refractivity (Wildman–Crippen MR) is 547 cm³/mol. The standard InChI is InChI=1S/C37H35ClN6O2.C36H35ClN6O2.C35H32ClFN6O2/c1-6-32(45)43-20-37(21-43)13-15-42(16-14-37)35-26-17-28(38)25(33-23(4)11-12-29-27(33)19-40-41-29)18-31(26)44(36(46)34(35)39-5)30-10-8-7-9-24(30)22(2)3;1-8-32(44)41-18-23(6)42(19-22(41)5)35-26-15-28(37)25(33-21(4)13-14-29-27(33)17-39-40-29)16-31(26)43(36(45)34(35)38-7)30-12-10-9-11-24(30)20(2)3;1-19(2)23-9-7-8-10-29(23)43-30-16-24(31-20(3)11-12-28-26(31)17-39-40-28)27(36)15-25(30)33(32(38-6)35(43)45)42-14-13-41(18-21(42)4)34(44)22(5)37/h6-12,17-19,22H,1,13-16,20-21H2,2-4H3,(H,40,41);8-17,20,22-23H,1,18-19H2,2-6H3,(H,39,40);7-12,15-17,19,21H,5,13-14,18H2,1-4H3,(H,39,40)/t;22-,23+;21-/m.10/s1. The molecule has 4 fully saturated rings. The van der Waals surface area contributed by atoms with Crippen LogP contribution >= 0.6 is 34.8 Å². The number of pyridine rings is 3. The quantitative estimate of drug-likeness (QED) is 0.0642. The van der Waals surface area contributed by atoms with E-state index >= 15 is 0 Å². The summed E-state index contributed by atoms with van der Waals surface area (Å²) in [5.41, 5.74) is 18.4. The van der Waals surface area contributed by atoms with Crippen LogP contribution in [0, 0.1) is 45.9 Å². The Morgan fingerprint density at radius 3 is 1.18 bits per heavy atom. The highest BCUT2D eigenvalue weighted by Crippen LogP contribution is 2.51. The third-order valence-electron chi connectivity index (χ3n) is 27.5. The van der Waals surface area contributed by atoms with Gasteiger partial charge in [0.05, 0.1) is 106 Å². The lowest BCUT2D eigenvalue weighted by atomic mass is 9.72. The normalized spacial score (nSPS) is 16.0. The van der Waals surface area contributed by atoms with Gasteiger partial charge in [-0.1, -0.05) is 169 Å². The average Bonchev–Trinajstić information content (AvgIpc) is 0.969. The third kappa shape index (κ3) is 16.3. The second-order valence-corrected chi connectivity index (χ2v) is 38.2. The number of aromatic nitrogens is 9. The van der Waals surface area contributed by atoms with E-state index in [1.807, 2.05) is 197 Å². The largest absolute Gasteiger partial charge is 0.380 e. The number of piperidine rings is 1. The van der Waals surface area contributed by atoms with Crippen molar-refractivity contribution in [3.8, 4) is 50.4 Å². The Labute approximate surface area is 801 Å². The molecule has 3 atom stereocenters. The first-order valence-electron chi connectivity index (χ1n) is 45.5. The first-order chi connectivity index (χ1) is 65.2. The number of H-pyrrole nitrogens is 3. The zero-order valence-electron chi connectivity index (χ0n) is 77.8. The van der Waals surface area contributed by atoms with Crippen molar-refractivity contribution in [2.24, 2.45) is 5.41 Å². The van der Waals surface area contributed by atoms with Gasteiger partial charge >= 0.3 is 0 Å². The highest BCUT2D eigenvalue weighted by Gasteiger charge is 2.47. The van der Waals surface area contributed by atoms with E-state index < -0.39 is 22.9 Å². The van der Waals surface area contributed by atoms with Crippen LogP contribution in [0.3, 0.4) is 0 Å². The zero-order chi connectivity index (χ0) is 96.6. The maximum atomic E-state index is 14.6. The van der Waals surface area contributed by atoms with Crippen LogP contribution in [0.4, 0.5) is 38.5 Å². The Kier molecular flexibility index (Phi) is 25.5. The molecule has 688 valence electrons. The molecule has 28 heteroatoms. The number of rotatable bonds is 15. The van der Waals surface area contributed by atoms with Crippen molar-refractivity contribution in [3.63, 3.8) is 0 Å². The second-order valence-electron chi connectivity index (χ2n) is 36.9. The predicted octanol–water partition coefficient (Wildman–Crippen LogP) is 23.3. The number of nitrogens with one attached hydrogen (secondary N) is 3. The van der Waals surface area contributed by atoms with Gasteiger partial charge in [-0.3, -0.25) is 57.8 Å². The van der Waals surface area contributed by atoms with Gasteiger partial charge < -0.3 is 29.4 Å². The molecule has 0 radical (unpaired) electrons. The van der Waals surface area contributed by atoms with Gasteiger partial charge in [-0.05, 0) is 207 Å². The number of piperazine rings is 2. The van der Waals surface area contributed by atoms with Crippen molar-refractivity contribution in [1.29, 1.82) is 0 Å². The molecule has 0 saturated carbocycles. The van der Waals surface area contributed by atoms with Gasteiger partial charge in [-0.2, -0.15) is 15.3 Å². The van der Waals surface area contributed by atoms with Gasteiger partial charge in [-0.15, -0.1) is 0 Å². The van der Waals surface area contributed by atoms with Gasteiger partial charge in [0.25, 0.3) is 39.6 Å². The van der Waals surface area contributed by atoms with Crippen molar-refractivity contribution < 1.29 is 18.8 Å². The third-order valence-corrected chi connectivity index (χ3v) is 28.5. The van der Waals surface area contributed by atoms with E-state index in [9.17, 15) is 33.2 Å². The molecule has 0 bridgehead atoms. The Morgan fingerprint density at radius 1 is 0.463 bits per heavy atom. The number of fused-ring (bicyclic) bond motifs is 6. The first-order valence-corrected chi connectivity index (χ1v) is 46.6. The summed E-state index contributed by atoms with van der Waals surface area (Å²) in [6, 6.07) is 46.4. The van der Waals surface area contributed by atoms with E-state index in [1.165, 1.54) is 17.1 Å². The topological polar surface area (TPSA) is 236 Å². The van der Waals surface area contributed by atoms with Gasteiger partial charge in [0.15, 0.2) is 5.83 Å². The minimum atomic E-state index is -1.02. The number of likely N-dealkylation sites (tertiary alicyclic amines) is 1. The minimum absolute atomic E-state index is 0.0283. The summed E-state index contributed by atoms with van der Waals surface area (Å²) in [7, 11) is 0. The molecule has 4 aliphatic heterocycles. The number of benzene rings is 9. The molecule has 0 aliphatic carbocycles. The summed E-state index contributed by atoms with van der Waals surface area (Å²) >= 11 is 21.5. The molecule has 10 heterocycles. The molecule has 4 aliphatic rings. The first kappa shape index (κ1) is 93.1. The summed E-state index contributed by atoms with van der Waals surface area (Å²) in [5, 5.41) is 28.3. The fourth-order valence-corrected chi connectivity index (χ4v) is 21.5. The molecule has 6 aromatic heterocycles. The molecule has 15 aromatic rings. The highest BCUT2D eigenvalue weighted by molar-refractivity contribution is 6.36. The molecule has 24 nitrogen and oxygen atoms in total. The van der Waals surface area contributed by atoms with E-state index in [0.29, 0.717) is 104 Å². The lowest BCUT2D eigenvalue weighted by Crippen LogP contribution is -2.61. The molecule has 3 amide bonds. The number of amides is 3. The second kappa shape index (κ2) is 37.3. The maximum Gasteiger partial charge on any atom is 0.282 e. The molecule has 3 N–H and O–H groups in total. The van der Waals surface area contributed by atoms with E-state index in [0.717, 1.165) is 129 Å². The lowest BCUT2D eigenvalue weighted by molar-refractivity contribution is -0.139. The van der Waals surface area contributed by atoms with Crippen molar-refractivity contribution in [2.45, 2.75) is 132 Å². The van der Waals surface area contributed by atoms with E-state index in [2.05, 4.69) is 116 Å². The number of hydrogen-bond acceptors (Lipinski definition) is 12. The van der Waals surface area contributed by atoms with Crippen molar-refractivity contribution in [1.82, 2.24) is 59.0 Å². The smallest absolute Gasteiger partial charge is 0.282 e. The number of carbonyl (C=O) groups excluding carboxylic acids is 3. The molecule has 0 unspecified atom stereocenters.